The summed E-state index contributed by atoms with van der Waals surface area (Å²) in [6.45, 7) is 5.83. The van der Waals surface area contributed by atoms with E-state index in [0.717, 1.165) is 50.3 Å². The summed E-state index contributed by atoms with van der Waals surface area (Å²) in [4.78, 5) is 16.8. The number of halogens is 1. The maximum atomic E-state index is 13.0. The van der Waals surface area contributed by atoms with Crippen molar-refractivity contribution in [2.75, 3.05) is 32.8 Å². The SMILES string of the molecule is CCc1cc(CN2CCC(N3CC(COc4ccc(F)cc4)OCC3=O)CC2)[nH]n1. The van der Waals surface area contributed by atoms with E-state index >= 15 is 0 Å². The Labute approximate surface area is 176 Å². The van der Waals surface area contributed by atoms with E-state index in [1.165, 1.54) is 12.1 Å². The minimum atomic E-state index is -0.294. The molecular weight excluding hydrogens is 387 g/mol. The smallest absolute Gasteiger partial charge is 0.248 e. The van der Waals surface area contributed by atoms with E-state index in [1.54, 1.807) is 12.1 Å². The van der Waals surface area contributed by atoms with Crippen molar-refractivity contribution in [1.29, 1.82) is 0 Å². The number of carbonyl (C=O) groups excluding carboxylic acids is 1. The van der Waals surface area contributed by atoms with Crippen molar-refractivity contribution in [3.05, 3.63) is 47.5 Å². The molecule has 2 aliphatic rings. The fraction of sp³-hybridized carbons (Fsp3) is 0.545. The summed E-state index contributed by atoms with van der Waals surface area (Å²) in [6.07, 6.45) is 2.66. The summed E-state index contributed by atoms with van der Waals surface area (Å²) in [7, 11) is 0. The van der Waals surface area contributed by atoms with Crippen LogP contribution >= 0.6 is 0 Å². The standard InChI is InChI=1S/C22H29FN4O3/c1-2-17-11-18(25-24-17)12-26-9-7-19(8-10-26)27-13-21(30-15-22(27)28)14-29-20-5-3-16(23)4-6-20/h3-6,11,19,21H,2,7-10,12-15H2,1H3,(H,24,25). The molecule has 0 saturated carbocycles. The minimum Gasteiger partial charge on any atom is -0.491 e. The lowest BCUT2D eigenvalue weighted by molar-refractivity contribution is -0.155. The highest BCUT2D eigenvalue weighted by atomic mass is 19.1. The Bertz CT molecular complexity index is 833. The molecular formula is C22H29FN4O3. The van der Waals surface area contributed by atoms with E-state index in [4.69, 9.17) is 9.47 Å². The van der Waals surface area contributed by atoms with Crippen molar-refractivity contribution < 1.29 is 18.7 Å². The molecule has 1 atom stereocenters. The van der Waals surface area contributed by atoms with Gasteiger partial charge in [0.2, 0.25) is 5.91 Å². The molecule has 0 spiro atoms. The van der Waals surface area contributed by atoms with Crippen LogP contribution in [0.1, 0.15) is 31.2 Å². The van der Waals surface area contributed by atoms with Crippen LogP contribution in [-0.4, -0.2) is 70.9 Å². The maximum Gasteiger partial charge on any atom is 0.248 e. The van der Waals surface area contributed by atoms with Gasteiger partial charge in [0.05, 0.1) is 12.2 Å². The van der Waals surface area contributed by atoms with Gasteiger partial charge in [-0.3, -0.25) is 14.8 Å². The van der Waals surface area contributed by atoms with Gasteiger partial charge in [-0.05, 0) is 49.6 Å². The highest BCUT2D eigenvalue weighted by Crippen LogP contribution is 2.22. The predicted octanol–water partition coefficient (Wildman–Crippen LogP) is 2.38. The second-order valence-electron chi connectivity index (χ2n) is 7.99. The molecule has 2 fully saturated rings. The fourth-order valence-electron chi connectivity index (χ4n) is 4.12. The molecule has 1 amide bonds. The number of hydrogen-bond acceptors (Lipinski definition) is 5. The van der Waals surface area contributed by atoms with Crippen LogP contribution in [0.2, 0.25) is 0 Å². The molecule has 0 radical (unpaired) electrons. The monoisotopic (exact) mass is 416 g/mol. The molecule has 0 aliphatic carbocycles. The molecule has 2 aliphatic heterocycles. The van der Waals surface area contributed by atoms with E-state index in [2.05, 4.69) is 28.1 Å². The number of hydrogen-bond donors (Lipinski definition) is 1. The molecule has 1 aromatic carbocycles. The first-order chi connectivity index (χ1) is 14.6. The molecule has 30 heavy (non-hydrogen) atoms. The first-order valence-corrected chi connectivity index (χ1v) is 10.7. The Morgan fingerprint density at radius 1 is 1.27 bits per heavy atom. The van der Waals surface area contributed by atoms with Crippen LogP contribution < -0.4 is 4.74 Å². The number of rotatable bonds is 7. The number of benzene rings is 1. The Hall–Kier alpha value is -2.45. The number of nitrogens with one attached hydrogen (secondary N) is 1. The van der Waals surface area contributed by atoms with Gasteiger partial charge in [0.15, 0.2) is 0 Å². The maximum absolute atomic E-state index is 13.0. The van der Waals surface area contributed by atoms with Gasteiger partial charge in [0.1, 0.15) is 30.9 Å². The summed E-state index contributed by atoms with van der Waals surface area (Å²) in [5.74, 6) is 0.354. The van der Waals surface area contributed by atoms with Crippen molar-refractivity contribution in [1.82, 2.24) is 20.0 Å². The third kappa shape index (κ3) is 5.17. The zero-order chi connectivity index (χ0) is 20.9. The van der Waals surface area contributed by atoms with E-state index in [1.807, 2.05) is 4.90 Å². The molecule has 8 heteroatoms. The number of aryl methyl sites for hydroxylation is 1. The predicted molar refractivity (Wildman–Crippen MR) is 110 cm³/mol. The lowest BCUT2D eigenvalue weighted by atomic mass is 10.0. The molecule has 0 bridgehead atoms. The summed E-state index contributed by atoms with van der Waals surface area (Å²) >= 11 is 0. The zero-order valence-corrected chi connectivity index (χ0v) is 17.3. The number of ether oxygens (including phenoxy) is 2. The summed E-state index contributed by atoms with van der Waals surface area (Å²) < 4.78 is 24.4. The molecule has 162 valence electrons. The molecule has 2 aromatic rings. The Kier molecular flexibility index (Phi) is 6.64. The van der Waals surface area contributed by atoms with Crippen molar-refractivity contribution >= 4 is 5.91 Å². The number of aromatic nitrogens is 2. The van der Waals surface area contributed by atoms with Crippen LogP contribution in [-0.2, 0) is 22.5 Å². The van der Waals surface area contributed by atoms with Crippen molar-refractivity contribution in [3.63, 3.8) is 0 Å². The number of morpholine rings is 1. The third-order valence-electron chi connectivity index (χ3n) is 5.85. The topological polar surface area (TPSA) is 70.7 Å². The van der Waals surface area contributed by atoms with E-state index in [0.29, 0.717) is 18.9 Å². The quantitative estimate of drug-likeness (QED) is 0.751. The first-order valence-electron chi connectivity index (χ1n) is 10.7. The van der Waals surface area contributed by atoms with Gasteiger partial charge in [0, 0.05) is 31.4 Å². The number of likely N-dealkylation sites (tertiary alicyclic amines) is 1. The van der Waals surface area contributed by atoms with E-state index in [9.17, 15) is 9.18 Å². The molecule has 7 nitrogen and oxygen atoms in total. The number of carbonyl (C=O) groups is 1. The molecule has 3 heterocycles. The van der Waals surface area contributed by atoms with Crippen molar-refractivity contribution in [2.24, 2.45) is 0 Å². The van der Waals surface area contributed by atoms with E-state index in [-0.39, 0.29) is 30.5 Å². The highest BCUT2D eigenvalue weighted by Gasteiger charge is 2.33. The zero-order valence-electron chi connectivity index (χ0n) is 17.3. The lowest BCUT2D eigenvalue weighted by Crippen LogP contribution is -2.55. The van der Waals surface area contributed by atoms with Crippen molar-refractivity contribution in [2.45, 2.75) is 44.9 Å². The third-order valence-corrected chi connectivity index (χ3v) is 5.85. The average Bonchev–Trinajstić information content (AvgIpc) is 3.22. The van der Waals surface area contributed by atoms with Gasteiger partial charge >= 0.3 is 0 Å². The largest absolute Gasteiger partial charge is 0.491 e. The Morgan fingerprint density at radius 3 is 2.73 bits per heavy atom. The molecule has 1 N–H and O–H groups in total. The van der Waals surface area contributed by atoms with Gasteiger partial charge in [-0.2, -0.15) is 5.10 Å². The van der Waals surface area contributed by atoms with Gasteiger partial charge < -0.3 is 14.4 Å². The van der Waals surface area contributed by atoms with Gasteiger partial charge in [-0.15, -0.1) is 0 Å². The average molecular weight is 416 g/mol. The Balaban J connectivity index is 1.25. The van der Waals surface area contributed by atoms with Gasteiger partial charge in [-0.1, -0.05) is 6.92 Å². The summed E-state index contributed by atoms with van der Waals surface area (Å²) in [6, 6.07) is 8.29. The molecule has 4 rings (SSSR count). The van der Waals surface area contributed by atoms with Gasteiger partial charge in [0.25, 0.3) is 0 Å². The number of piperidine rings is 1. The number of amides is 1. The van der Waals surface area contributed by atoms with Gasteiger partial charge in [-0.25, -0.2) is 4.39 Å². The van der Waals surface area contributed by atoms with Crippen LogP contribution in [0.5, 0.6) is 5.75 Å². The first kappa shape index (κ1) is 20.8. The number of nitrogens with zero attached hydrogens (tertiary/aromatic N) is 3. The van der Waals surface area contributed by atoms with Crippen LogP contribution in [0.15, 0.2) is 30.3 Å². The molecule has 1 aromatic heterocycles. The molecule has 2 saturated heterocycles. The lowest BCUT2D eigenvalue weighted by Gasteiger charge is -2.42. The van der Waals surface area contributed by atoms with Crippen molar-refractivity contribution in [3.8, 4) is 5.75 Å². The number of aromatic amines is 1. The van der Waals surface area contributed by atoms with Crippen LogP contribution in [0, 0.1) is 5.82 Å². The number of H-pyrrole nitrogens is 1. The van der Waals surface area contributed by atoms with Crippen LogP contribution in [0.3, 0.4) is 0 Å². The second kappa shape index (κ2) is 9.57. The normalized spacial score (nSPS) is 21.2. The van der Waals surface area contributed by atoms with Crippen LogP contribution in [0.25, 0.3) is 0 Å². The highest BCUT2D eigenvalue weighted by molar-refractivity contribution is 5.78. The Morgan fingerprint density at radius 2 is 2.03 bits per heavy atom. The van der Waals surface area contributed by atoms with E-state index < -0.39 is 0 Å². The van der Waals surface area contributed by atoms with Crippen LogP contribution in [0.4, 0.5) is 4.39 Å². The molecule has 1 unspecified atom stereocenters. The summed E-state index contributed by atoms with van der Waals surface area (Å²) in [5.41, 5.74) is 2.23. The second-order valence-corrected chi connectivity index (χ2v) is 7.99. The minimum absolute atomic E-state index is 0.0487. The summed E-state index contributed by atoms with van der Waals surface area (Å²) in [5, 5.41) is 7.42. The fourth-order valence-corrected chi connectivity index (χ4v) is 4.12.